The monoisotopic (exact) mass is 885 g/mol. The van der Waals surface area contributed by atoms with E-state index in [2.05, 4.69) is 127 Å². The van der Waals surface area contributed by atoms with Gasteiger partial charge in [0.05, 0.1) is 0 Å². The molecule has 0 spiro atoms. The van der Waals surface area contributed by atoms with Crippen LogP contribution in [0.25, 0.3) is 11.2 Å². The molecule has 0 radical (unpaired) electrons. The topological polar surface area (TPSA) is 107 Å². The number of nitrogen functional groups attached to an aromatic ring is 1. The summed E-state index contributed by atoms with van der Waals surface area (Å²) in [5, 5.41) is -0.0613. The second-order valence-electron chi connectivity index (χ2n) is 20.3. The van der Waals surface area contributed by atoms with Gasteiger partial charge >= 0.3 is 328 Å². The zero-order valence-electron chi connectivity index (χ0n) is 36.7. The molecule has 1 fully saturated rings. The molecule has 1 saturated heterocycles. The van der Waals surface area contributed by atoms with E-state index in [-0.39, 0.29) is 15.1 Å². The van der Waals surface area contributed by atoms with E-state index < -0.39 is 68.1 Å². The molecule has 2 aromatic rings. The number of rotatable bonds is 17. The standard InChI is InChI=1S/C27H52N5O4Si3.3C4H9.Sn/c1-25(2,3)37(10,11)34-19-20(35-38(12,13)26(4,5)6)24(36-39(14,15)27(7,8)9)33-23(19)32-17-31-18-21(28)29-16-30-22(18)32;3*1-3-4-2;/h17,19-20,23-24H,1-15H3,(H2,28,29,30);3*1,3-4H2,2H3;/t19-,20+,23?,24-;;;;/m1..../s1. The van der Waals surface area contributed by atoms with Gasteiger partial charge in [0.15, 0.2) is 0 Å². The molecule has 1 aliphatic heterocycles. The predicted molar refractivity (Wildman–Crippen MR) is 231 cm³/mol. The second kappa shape index (κ2) is 17.0. The molecular formula is C39H79N5O4Si3Sn. The molecule has 0 bridgehead atoms. The molecule has 13 heteroatoms. The number of ether oxygens (including phenoxy) is 1. The quantitative estimate of drug-likeness (QED) is 0.157. The van der Waals surface area contributed by atoms with Crippen LogP contribution < -0.4 is 9.57 Å². The molecule has 0 saturated carbocycles. The molecule has 0 aromatic carbocycles. The number of nitrogens with two attached hydrogens (primary N) is 1. The van der Waals surface area contributed by atoms with Crippen molar-refractivity contribution in [2.75, 3.05) is 5.73 Å². The zero-order chi connectivity index (χ0) is 39.7. The Morgan fingerprint density at radius 3 is 1.54 bits per heavy atom. The van der Waals surface area contributed by atoms with E-state index in [0.717, 1.165) is 9.49 Å². The summed E-state index contributed by atoms with van der Waals surface area (Å²) in [5.41, 5.74) is 8.25. The molecule has 2 aromatic heterocycles. The van der Waals surface area contributed by atoms with Gasteiger partial charge in [0.25, 0.3) is 0 Å². The van der Waals surface area contributed by atoms with E-state index >= 15 is 0 Å². The minimum absolute atomic E-state index is 0.0157. The third-order valence-corrected chi connectivity index (χ3v) is 41.0. The van der Waals surface area contributed by atoms with Gasteiger partial charge in [-0.05, 0) is 0 Å². The summed E-state index contributed by atoms with van der Waals surface area (Å²) < 4.78 is 36.2. The first kappa shape index (κ1) is 46.0. The van der Waals surface area contributed by atoms with Crippen molar-refractivity contribution >= 4 is 64.2 Å². The van der Waals surface area contributed by atoms with Crippen LogP contribution in [0.5, 0.6) is 0 Å². The number of imidazole rings is 1. The van der Waals surface area contributed by atoms with Crippen LogP contribution in [0.4, 0.5) is 5.82 Å². The van der Waals surface area contributed by atoms with Crippen LogP contribution in [0, 0.1) is 0 Å². The minimum atomic E-state index is -3.07. The van der Waals surface area contributed by atoms with Gasteiger partial charge in [-0.2, -0.15) is 0 Å². The van der Waals surface area contributed by atoms with Crippen LogP contribution in [-0.2, 0) is 18.0 Å². The Hall–Kier alpha value is -0.361. The third-order valence-electron chi connectivity index (χ3n) is 13.1. The number of anilines is 1. The molecule has 300 valence electrons. The number of aromatic nitrogens is 4. The fourth-order valence-corrected chi connectivity index (χ4v) is 24.9. The predicted octanol–water partition coefficient (Wildman–Crippen LogP) is 11.1. The van der Waals surface area contributed by atoms with Crippen LogP contribution in [0.2, 0.25) is 67.7 Å². The van der Waals surface area contributed by atoms with Gasteiger partial charge < -0.3 is 0 Å². The number of hydrogen-bond acceptors (Lipinski definition) is 8. The van der Waals surface area contributed by atoms with E-state index in [1.54, 1.807) is 0 Å². The third kappa shape index (κ3) is 10.1. The van der Waals surface area contributed by atoms with Crippen molar-refractivity contribution in [1.82, 2.24) is 19.5 Å². The first-order valence-electron chi connectivity index (χ1n) is 20.4. The Bertz CT molecular complexity index is 1440. The Morgan fingerprint density at radius 2 is 1.12 bits per heavy atom. The van der Waals surface area contributed by atoms with Gasteiger partial charge in [0.1, 0.15) is 0 Å². The Kier molecular flexibility index (Phi) is 15.1. The molecule has 3 heterocycles. The summed E-state index contributed by atoms with van der Waals surface area (Å²) in [7, 11) is -6.97. The fraction of sp³-hybridized carbons (Fsp3) is 0.872. The van der Waals surface area contributed by atoms with Crippen molar-refractivity contribution in [2.45, 2.75) is 214 Å². The van der Waals surface area contributed by atoms with Gasteiger partial charge in [-0.25, -0.2) is 0 Å². The van der Waals surface area contributed by atoms with Crippen molar-refractivity contribution in [3.05, 3.63) is 6.33 Å². The summed E-state index contributed by atoms with van der Waals surface area (Å²) in [6, 6.07) is 0. The SMILES string of the molecule is CCC[CH2][Sn]([CH2]CCC)([CH2]CCC)[c]1nc(N)c2ncn(C3O[C@H](O[Si](C)(C)C(C)(C)C)[C@@H](O[Si](C)(C)C(C)(C)C)[C@H]3O[Si](C)(C)C(C)(C)C)c2n1. The van der Waals surface area contributed by atoms with Crippen molar-refractivity contribution in [3.63, 3.8) is 0 Å². The summed E-state index contributed by atoms with van der Waals surface area (Å²) >= 11 is -3.07. The summed E-state index contributed by atoms with van der Waals surface area (Å²) in [5.74, 6) is 0.479. The summed E-state index contributed by atoms with van der Waals surface area (Å²) in [6.45, 7) is 41.3. The molecule has 4 atom stereocenters. The van der Waals surface area contributed by atoms with Gasteiger partial charge in [0, 0.05) is 0 Å². The summed E-state index contributed by atoms with van der Waals surface area (Å²) in [6.07, 6.45) is 7.02. The van der Waals surface area contributed by atoms with Crippen LogP contribution in [0.1, 0.15) is 128 Å². The molecule has 1 unspecified atom stereocenters. The maximum atomic E-state index is 7.47. The summed E-state index contributed by atoms with van der Waals surface area (Å²) in [4.78, 5) is 15.6. The molecular weight excluding hydrogens is 805 g/mol. The van der Waals surface area contributed by atoms with Crippen LogP contribution in [-0.4, -0.2) is 81.3 Å². The molecule has 0 amide bonds. The van der Waals surface area contributed by atoms with E-state index in [1.165, 1.54) is 51.8 Å². The second-order valence-corrected chi connectivity index (χ2v) is 47.4. The molecule has 1 aliphatic rings. The van der Waals surface area contributed by atoms with E-state index in [4.69, 9.17) is 38.7 Å². The van der Waals surface area contributed by atoms with Crippen molar-refractivity contribution in [1.29, 1.82) is 0 Å². The number of nitrogens with zero attached hydrogens (tertiary/aromatic N) is 4. The van der Waals surface area contributed by atoms with Crippen LogP contribution in [0.3, 0.4) is 0 Å². The molecule has 52 heavy (non-hydrogen) atoms. The maximum absolute atomic E-state index is 7.47. The van der Waals surface area contributed by atoms with E-state index in [9.17, 15) is 0 Å². The average Bonchev–Trinajstić information content (AvgIpc) is 3.56. The van der Waals surface area contributed by atoms with Crippen molar-refractivity contribution in [3.8, 4) is 0 Å². The van der Waals surface area contributed by atoms with Gasteiger partial charge in [0.2, 0.25) is 0 Å². The average molecular weight is 885 g/mol. The van der Waals surface area contributed by atoms with Crippen LogP contribution >= 0.6 is 0 Å². The number of unbranched alkanes of at least 4 members (excludes halogenated alkanes) is 3. The van der Waals surface area contributed by atoms with Crippen molar-refractivity contribution in [2.24, 2.45) is 0 Å². The Balaban J connectivity index is 2.35. The number of fused-ring (bicyclic) bond motifs is 1. The number of hydrogen-bond donors (Lipinski definition) is 1. The molecule has 2 N–H and O–H groups in total. The van der Waals surface area contributed by atoms with E-state index in [1.807, 2.05) is 6.33 Å². The van der Waals surface area contributed by atoms with Crippen molar-refractivity contribution < 1.29 is 18.0 Å². The zero-order valence-corrected chi connectivity index (χ0v) is 42.6. The molecule has 0 aliphatic carbocycles. The first-order chi connectivity index (χ1) is 23.7. The molecule has 9 nitrogen and oxygen atoms in total. The molecule has 3 rings (SSSR count). The van der Waals surface area contributed by atoms with E-state index in [0.29, 0.717) is 11.3 Å². The normalized spacial score (nSPS) is 21.4. The van der Waals surface area contributed by atoms with Crippen LogP contribution in [0.15, 0.2) is 6.33 Å². The fourth-order valence-electron chi connectivity index (χ4n) is 6.29. The van der Waals surface area contributed by atoms with Gasteiger partial charge in [-0.3, -0.25) is 0 Å². The Labute approximate surface area is 326 Å². The first-order valence-corrected chi connectivity index (χ1v) is 36.6. The Morgan fingerprint density at radius 1 is 0.692 bits per heavy atom. The van der Waals surface area contributed by atoms with Gasteiger partial charge in [-0.15, -0.1) is 0 Å². The van der Waals surface area contributed by atoms with Gasteiger partial charge in [-0.1, -0.05) is 0 Å².